The Morgan fingerprint density at radius 3 is 2.53 bits per heavy atom. The molecule has 0 heterocycles. The SMILES string of the molecule is CC(=O)C(C#N)C(=O)N(C)C1CC2C=CC1C2. The largest absolute Gasteiger partial charge is 0.341 e. The topological polar surface area (TPSA) is 61.2 Å². The fourth-order valence-corrected chi connectivity index (χ4v) is 2.88. The number of nitriles is 1. The summed E-state index contributed by atoms with van der Waals surface area (Å²) in [5, 5.41) is 8.86. The highest BCUT2D eigenvalue weighted by atomic mass is 16.2. The Labute approximate surface area is 101 Å². The molecule has 90 valence electrons. The molecule has 2 rings (SSSR count). The van der Waals surface area contributed by atoms with E-state index >= 15 is 0 Å². The number of hydrogen-bond acceptors (Lipinski definition) is 3. The van der Waals surface area contributed by atoms with Crippen molar-refractivity contribution in [3.8, 4) is 6.07 Å². The van der Waals surface area contributed by atoms with Gasteiger partial charge in [-0.05, 0) is 31.6 Å². The lowest BCUT2D eigenvalue weighted by molar-refractivity contribution is -0.139. The average Bonchev–Trinajstić information content (AvgIpc) is 2.89. The molecule has 2 aliphatic rings. The minimum Gasteiger partial charge on any atom is -0.341 e. The van der Waals surface area contributed by atoms with Crippen LogP contribution in [0.2, 0.25) is 0 Å². The zero-order valence-electron chi connectivity index (χ0n) is 10.1. The highest BCUT2D eigenvalue weighted by Crippen LogP contribution is 2.41. The summed E-state index contributed by atoms with van der Waals surface area (Å²) in [4.78, 5) is 24.8. The Kier molecular flexibility index (Phi) is 3.01. The van der Waals surface area contributed by atoms with Crippen LogP contribution in [0.15, 0.2) is 12.2 Å². The monoisotopic (exact) mass is 232 g/mol. The van der Waals surface area contributed by atoms with Crippen LogP contribution >= 0.6 is 0 Å². The van der Waals surface area contributed by atoms with Gasteiger partial charge < -0.3 is 4.90 Å². The van der Waals surface area contributed by atoms with Gasteiger partial charge in [0, 0.05) is 13.1 Å². The molecule has 1 fully saturated rings. The van der Waals surface area contributed by atoms with Crippen molar-refractivity contribution in [3.63, 3.8) is 0 Å². The molecule has 17 heavy (non-hydrogen) atoms. The van der Waals surface area contributed by atoms with Crippen molar-refractivity contribution in [2.24, 2.45) is 17.8 Å². The molecule has 0 saturated heterocycles. The van der Waals surface area contributed by atoms with Gasteiger partial charge in [-0.2, -0.15) is 5.26 Å². The lowest BCUT2D eigenvalue weighted by Gasteiger charge is -2.30. The van der Waals surface area contributed by atoms with E-state index in [1.54, 1.807) is 18.0 Å². The number of hydrogen-bond donors (Lipinski definition) is 0. The molecule has 0 aliphatic heterocycles. The number of rotatable bonds is 3. The molecular formula is C13H16N2O2. The van der Waals surface area contributed by atoms with E-state index < -0.39 is 5.92 Å². The van der Waals surface area contributed by atoms with E-state index in [4.69, 9.17) is 5.26 Å². The van der Waals surface area contributed by atoms with Gasteiger partial charge in [0.2, 0.25) is 5.91 Å². The van der Waals surface area contributed by atoms with E-state index in [0.717, 1.165) is 12.8 Å². The summed E-state index contributed by atoms with van der Waals surface area (Å²) in [7, 11) is 1.70. The van der Waals surface area contributed by atoms with Crippen molar-refractivity contribution >= 4 is 11.7 Å². The van der Waals surface area contributed by atoms with Crippen LogP contribution < -0.4 is 0 Å². The van der Waals surface area contributed by atoms with Gasteiger partial charge in [-0.15, -0.1) is 0 Å². The molecule has 1 amide bonds. The predicted octanol–water partition coefficient (Wildman–Crippen LogP) is 1.14. The van der Waals surface area contributed by atoms with E-state index in [1.165, 1.54) is 6.92 Å². The lowest BCUT2D eigenvalue weighted by Crippen LogP contribution is -2.44. The molecule has 0 N–H and O–H groups in total. The van der Waals surface area contributed by atoms with E-state index in [-0.39, 0.29) is 17.7 Å². The first-order chi connectivity index (χ1) is 8.04. The van der Waals surface area contributed by atoms with Gasteiger partial charge >= 0.3 is 0 Å². The Balaban J connectivity index is 2.08. The molecule has 1 saturated carbocycles. The number of allylic oxidation sites excluding steroid dienone is 1. The van der Waals surface area contributed by atoms with Gasteiger partial charge in [-0.25, -0.2) is 0 Å². The van der Waals surface area contributed by atoms with E-state index in [9.17, 15) is 9.59 Å². The number of nitrogens with zero attached hydrogens (tertiary/aromatic N) is 2. The summed E-state index contributed by atoms with van der Waals surface area (Å²) in [6.45, 7) is 1.29. The molecule has 4 atom stereocenters. The lowest BCUT2D eigenvalue weighted by atomic mass is 9.97. The van der Waals surface area contributed by atoms with Crippen LogP contribution in [0.1, 0.15) is 19.8 Å². The van der Waals surface area contributed by atoms with Crippen molar-refractivity contribution in [1.82, 2.24) is 4.90 Å². The van der Waals surface area contributed by atoms with Crippen LogP contribution in [-0.2, 0) is 9.59 Å². The van der Waals surface area contributed by atoms with Crippen molar-refractivity contribution in [1.29, 1.82) is 5.26 Å². The summed E-state index contributed by atoms with van der Waals surface area (Å²) in [6, 6.07) is 1.95. The number of Topliss-reactive ketones (excluding diaryl/α,β-unsaturated/α-hetero) is 1. The maximum absolute atomic E-state index is 12.0. The van der Waals surface area contributed by atoms with Crippen molar-refractivity contribution < 1.29 is 9.59 Å². The molecule has 4 nitrogen and oxygen atoms in total. The molecule has 4 unspecified atom stereocenters. The molecule has 0 aromatic carbocycles. The van der Waals surface area contributed by atoms with Crippen LogP contribution in [-0.4, -0.2) is 29.7 Å². The van der Waals surface area contributed by atoms with Crippen molar-refractivity contribution in [3.05, 3.63) is 12.2 Å². The van der Waals surface area contributed by atoms with Gasteiger partial charge in [0.25, 0.3) is 0 Å². The van der Waals surface area contributed by atoms with Crippen LogP contribution in [0.25, 0.3) is 0 Å². The third-order valence-electron chi connectivity index (χ3n) is 3.87. The van der Waals surface area contributed by atoms with Gasteiger partial charge in [0.15, 0.2) is 11.7 Å². The third kappa shape index (κ3) is 1.97. The molecule has 4 heteroatoms. The first-order valence-corrected chi connectivity index (χ1v) is 5.89. The van der Waals surface area contributed by atoms with Gasteiger partial charge in [-0.1, -0.05) is 12.2 Å². The van der Waals surface area contributed by atoms with Crippen LogP contribution in [0.3, 0.4) is 0 Å². The van der Waals surface area contributed by atoms with Gasteiger partial charge in [-0.3, -0.25) is 9.59 Å². The maximum atomic E-state index is 12.0. The molecule has 0 spiro atoms. The first kappa shape index (κ1) is 11.8. The highest BCUT2D eigenvalue weighted by molar-refractivity contribution is 6.02. The minimum atomic E-state index is -1.14. The van der Waals surface area contributed by atoms with Crippen molar-refractivity contribution in [2.75, 3.05) is 7.05 Å². The Morgan fingerprint density at radius 2 is 2.12 bits per heavy atom. The first-order valence-electron chi connectivity index (χ1n) is 5.89. The standard InChI is InChI=1S/C13H16N2O2/c1-8(16)11(7-14)13(17)15(2)12-6-9-3-4-10(12)5-9/h3-4,9-12H,5-6H2,1-2H3. The second-order valence-electron chi connectivity index (χ2n) is 4.97. The summed E-state index contributed by atoms with van der Waals surface area (Å²) in [5.41, 5.74) is 0. The Bertz CT molecular complexity index is 422. The van der Waals surface area contributed by atoms with Crippen molar-refractivity contribution in [2.45, 2.75) is 25.8 Å². The fraction of sp³-hybridized carbons (Fsp3) is 0.615. The predicted molar refractivity (Wildman–Crippen MR) is 61.7 cm³/mol. The van der Waals surface area contributed by atoms with E-state index in [0.29, 0.717) is 11.8 Å². The summed E-state index contributed by atoms with van der Waals surface area (Å²) in [6.07, 6.45) is 6.41. The number of ketones is 1. The van der Waals surface area contributed by atoms with Crippen LogP contribution in [0.5, 0.6) is 0 Å². The van der Waals surface area contributed by atoms with Gasteiger partial charge in [0.1, 0.15) is 0 Å². The fourth-order valence-electron chi connectivity index (χ4n) is 2.88. The second-order valence-corrected chi connectivity index (χ2v) is 4.97. The molecular weight excluding hydrogens is 216 g/mol. The smallest absolute Gasteiger partial charge is 0.247 e. The zero-order valence-corrected chi connectivity index (χ0v) is 10.1. The molecule has 2 aliphatic carbocycles. The highest BCUT2D eigenvalue weighted by Gasteiger charge is 2.41. The number of fused-ring (bicyclic) bond motifs is 2. The van der Waals surface area contributed by atoms with Gasteiger partial charge in [0.05, 0.1) is 6.07 Å². The molecule has 0 aromatic heterocycles. The Morgan fingerprint density at radius 1 is 1.41 bits per heavy atom. The third-order valence-corrected chi connectivity index (χ3v) is 3.87. The number of carbonyl (C=O) groups excluding carboxylic acids is 2. The van der Waals surface area contributed by atoms with Crippen LogP contribution in [0.4, 0.5) is 0 Å². The minimum absolute atomic E-state index is 0.160. The number of carbonyl (C=O) groups is 2. The summed E-state index contributed by atoms with van der Waals surface area (Å²) < 4.78 is 0. The van der Waals surface area contributed by atoms with E-state index in [1.807, 2.05) is 0 Å². The average molecular weight is 232 g/mol. The quantitative estimate of drug-likeness (QED) is 0.541. The normalized spacial score (nSPS) is 31.0. The number of amides is 1. The molecule has 2 bridgehead atoms. The van der Waals surface area contributed by atoms with Crippen LogP contribution in [0, 0.1) is 29.1 Å². The maximum Gasteiger partial charge on any atom is 0.247 e. The molecule has 0 radical (unpaired) electrons. The summed E-state index contributed by atoms with van der Waals surface area (Å²) >= 11 is 0. The Hall–Kier alpha value is -1.63. The van der Waals surface area contributed by atoms with E-state index in [2.05, 4.69) is 12.2 Å². The zero-order chi connectivity index (χ0) is 12.6. The molecule has 0 aromatic rings. The summed E-state index contributed by atoms with van der Waals surface area (Å²) in [5.74, 6) is -0.893. The second kappa shape index (κ2) is 4.33.